The third-order valence-electron chi connectivity index (χ3n) is 4.80. The van der Waals surface area contributed by atoms with E-state index in [9.17, 15) is 4.39 Å². The summed E-state index contributed by atoms with van der Waals surface area (Å²) >= 11 is 0. The van der Waals surface area contributed by atoms with Gasteiger partial charge in [0, 0.05) is 39.3 Å². The molecule has 0 heterocycles. The number of nitrogens with one attached hydrogen (secondary N) is 1. The lowest BCUT2D eigenvalue weighted by molar-refractivity contribution is 0.354. The van der Waals surface area contributed by atoms with E-state index < -0.39 is 0 Å². The predicted molar refractivity (Wildman–Crippen MR) is 120 cm³/mol. The van der Waals surface area contributed by atoms with E-state index in [4.69, 9.17) is 9.47 Å². The number of methoxy groups -OCH3 is 2. The van der Waals surface area contributed by atoms with Gasteiger partial charge in [-0.05, 0) is 55.9 Å². The Morgan fingerprint density at radius 3 is 2.33 bits per heavy atom. The molecule has 0 spiro atoms. The topological polar surface area (TPSA) is 49.3 Å². The van der Waals surface area contributed by atoms with Gasteiger partial charge in [-0.15, -0.1) is 0 Å². The van der Waals surface area contributed by atoms with Crippen LogP contribution in [0.3, 0.4) is 0 Å². The van der Waals surface area contributed by atoms with Gasteiger partial charge in [0.1, 0.15) is 5.82 Å². The molecule has 0 atom stereocenters. The molecule has 2 aromatic carbocycles. The van der Waals surface area contributed by atoms with E-state index in [1.807, 2.05) is 50.3 Å². The summed E-state index contributed by atoms with van der Waals surface area (Å²) < 4.78 is 24.7. The van der Waals surface area contributed by atoms with Crippen molar-refractivity contribution in [2.24, 2.45) is 4.99 Å². The first-order valence-corrected chi connectivity index (χ1v) is 9.92. The zero-order chi connectivity index (χ0) is 22.1. The molecule has 0 saturated carbocycles. The Labute approximate surface area is 179 Å². The molecule has 0 saturated heterocycles. The SMILES string of the molecule is CN=C(NCc1ccc(F)c(CN(C)C)c1)N(C)CCc1ccc(OC)c(OC)c1. The van der Waals surface area contributed by atoms with Crippen LogP contribution >= 0.6 is 0 Å². The smallest absolute Gasteiger partial charge is 0.193 e. The van der Waals surface area contributed by atoms with Gasteiger partial charge in [-0.2, -0.15) is 0 Å². The van der Waals surface area contributed by atoms with Gasteiger partial charge in [0.15, 0.2) is 17.5 Å². The van der Waals surface area contributed by atoms with Crippen LogP contribution in [0.5, 0.6) is 11.5 Å². The summed E-state index contributed by atoms with van der Waals surface area (Å²) in [6, 6.07) is 11.2. The summed E-state index contributed by atoms with van der Waals surface area (Å²) in [7, 11) is 10.9. The summed E-state index contributed by atoms with van der Waals surface area (Å²) in [5.74, 6) is 2.06. The average molecular weight is 417 g/mol. The molecule has 0 fully saturated rings. The molecule has 0 aliphatic heterocycles. The molecule has 0 aliphatic carbocycles. The lowest BCUT2D eigenvalue weighted by Crippen LogP contribution is -2.39. The lowest BCUT2D eigenvalue weighted by Gasteiger charge is -2.22. The number of benzene rings is 2. The number of aliphatic imine (C=N–C) groups is 1. The summed E-state index contributed by atoms with van der Waals surface area (Å²) in [6.45, 7) is 1.93. The van der Waals surface area contributed by atoms with Crippen molar-refractivity contribution in [2.45, 2.75) is 19.5 Å². The molecule has 0 bridgehead atoms. The Balaban J connectivity index is 1.95. The number of hydrogen-bond acceptors (Lipinski definition) is 4. The van der Waals surface area contributed by atoms with Crippen molar-refractivity contribution in [3.05, 3.63) is 58.9 Å². The first kappa shape index (κ1) is 23.5. The highest BCUT2D eigenvalue weighted by Crippen LogP contribution is 2.27. The normalized spacial score (nSPS) is 11.5. The standard InChI is InChI=1S/C23H33FN4O2/c1-25-23(26-15-18-7-9-20(24)19(13-18)16-27(2)3)28(4)12-11-17-8-10-21(29-5)22(14-17)30-6/h7-10,13-14H,11-12,15-16H2,1-6H3,(H,25,26). The molecule has 2 aromatic rings. The predicted octanol–water partition coefficient (Wildman–Crippen LogP) is 3.15. The van der Waals surface area contributed by atoms with Crippen molar-refractivity contribution in [1.29, 1.82) is 0 Å². The molecule has 7 heteroatoms. The van der Waals surface area contributed by atoms with Gasteiger partial charge in [0.05, 0.1) is 14.2 Å². The van der Waals surface area contributed by atoms with Crippen LogP contribution in [0.4, 0.5) is 4.39 Å². The molecule has 0 aliphatic rings. The van der Waals surface area contributed by atoms with Gasteiger partial charge < -0.3 is 24.6 Å². The maximum absolute atomic E-state index is 14.0. The fraction of sp³-hybridized carbons (Fsp3) is 0.435. The zero-order valence-corrected chi connectivity index (χ0v) is 18.8. The van der Waals surface area contributed by atoms with Crippen molar-refractivity contribution >= 4 is 5.96 Å². The van der Waals surface area contributed by atoms with Gasteiger partial charge in [0.25, 0.3) is 0 Å². The molecule has 0 unspecified atom stereocenters. The molecule has 0 radical (unpaired) electrons. The highest BCUT2D eigenvalue weighted by atomic mass is 19.1. The fourth-order valence-electron chi connectivity index (χ4n) is 3.20. The Morgan fingerprint density at radius 2 is 1.70 bits per heavy atom. The second-order valence-electron chi connectivity index (χ2n) is 7.43. The summed E-state index contributed by atoms with van der Waals surface area (Å²) in [6.07, 6.45) is 0.834. The number of nitrogens with zero attached hydrogens (tertiary/aromatic N) is 3. The molecular weight excluding hydrogens is 383 g/mol. The Bertz CT molecular complexity index is 855. The van der Waals surface area contributed by atoms with Crippen molar-refractivity contribution in [3.63, 3.8) is 0 Å². The van der Waals surface area contributed by atoms with E-state index in [0.717, 1.165) is 41.6 Å². The van der Waals surface area contributed by atoms with E-state index in [1.54, 1.807) is 27.3 Å². The van der Waals surface area contributed by atoms with Crippen LogP contribution in [0.25, 0.3) is 0 Å². The van der Waals surface area contributed by atoms with Crippen molar-refractivity contribution < 1.29 is 13.9 Å². The zero-order valence-electron chi connectivity index (χ0n) is 18.8. The Morgan fingerprint density at radius 1 is 1.00 bits per heavy atom. The van der Waals surface area contributed by atoms with Crippen LogP contribution in [0.15, 0.2) is 41.4 Å². The van der Waals surface area contributed by atoms with Crippen molar-refractivity contribution in [2.75, 3.05) is 49.0 Å². The van der Waals surface area contributed by atoms with E-state index >= 15 is 0 Å². The molecule has 0 amide bonds. The first-order valence-electron chi connectivity index (χ1n) is 9.92. The third-order valence-corrected chi connectivity index (χ3v) is 4.80. The van der Waals surface area contributed by atoms with Crippen LogP contribution in [0.1, 0.15) is 16.7 Å². The fourth-order valence-corrected chi connectivity index (χ4v) is 3.20. The second-order valence-corrected chi connectivity index (χ2v) is 7.43. The number of rotatable bonds is 9. The molecule has 164 valence electrons. The van der Waals surface area contributed by atoms with Crippen LogP contribution in [0, 0.1) is 5.82 Å². The van der Waals surface area contributed by atoms with Crippen LogP contribution in [-0.4, -0.2) is 64.7 Å². The molecule has 0 aromatic heterocycles. The van der Waals surface area contributed by atoms with Gasteiger partial charge in [-0.25, -0.2) is 4.39 Å². The van der Waals surface area contributed by atoms with Gasteiger partial charge in [-0.3, -0.25) is 4.99 Å². The quantitative estimate of drug-likeness (QED) is 0.503. The van der Waals surface area contributed by atoms with Crippen LogP contribution < -0.4 is 14.8 Å². The van der Waals surface area contributed by atoms with Crippen LogP contribution in [0.2, 0.25) is 0 Å². The molecule has 1 N–H and O–H groups in total. The second kappa shape index (κ2) is 11.4. The van der Waals surface area contributed by atoms with Gasteiger partial charge in [0.2, 0.25) is 0 Å². The first-order chi connectivity index (χ1) is 14.4. The lowest BCUT2D eigenvalue weighted by atomic mass is 10.1. The Hall–Kier alpha value is -2.80. The largest absolute Gasteiger partial charge is 0.493 e. The van der Waals surface area contributed by atoms with E-state index in [1.165, 1.54) is 6.07 Å². The highest BCUT2D eigenvalue weighted by molar-refractivity contribution is 5.79. The van der Waals surface area contributed by atoms with Gasteiger partial charge >= 0.3 is 0 Å². The number of ether oxygens (including phenoxy) is 2. The molecule has 30 heavy (non-hydrogen) atoms. The minimum Gasteiger partial charge on any atom is -0.493 e. The van der Waals surface area contributed by atoms with Crippen LogP contribution in [-0.2, 0) is 19.5 Å². The van der Waals surface area contributed by atoms with Crippen molar-refractivity contribution in [3.8, 4) is 11.5 Å². The molecule has 2 rings (SSSR count). The monoisotopic (exact) mass is 416 g/mol. The summed E-state index contributed by atoms with van der Waals surface area (Å²) in [5.41, 5.74) is 2.86. The molecule has 6 nitrogen and oxygen atoms in total. The van der Waals surface area contributed by atoms with E-state index in [-0.39, 0.29) is 5.82 Å². The maximum Gasteiger partial charge on any atom is 0.193 e. The Kier molecular flexibility index (Phi) is 8.92. The van der Waals surface area contributed by atoms with E-state index in [0.29, 0.717) is 18.7 Å². The average Bonchev–Trinajstić information content (AvgIpc) is 2.74. The minimum absolute atomic E-state index is 0.177. The minimum atomic E-state index is -0.177. The van der Waals surface area contributed by atoms with Crippen molar-refractivity contribution in [1.82, 2.24) is 15.1 Å². The number of hydrogen-bond donors (Lipinski definition) is 1. The van der Waals surface area contributed by atoms with Gasteiger partial charge in [-0.1, -0.05) is 12.1 Å². The number of likely N-dealkylation sites (N-methyl/N-ethyl adjacent to an activating group) is 1. The third kappa shape index (κ3) is 6.62. The maximum atomic E-state index is 14.0. The molecular formula is C23H33FN4O2. The summed E-state index contributed by atoms with van der Waals surface area (Å²) in [5, 5.41) is 3.36. The number of halogens is 1. The summed E-state index contributed by atoms with van der Waals surface area (Å²) in [4.78, 5) is 8.39. The highest BCUT2D eigenvalue weighted by Gasteiger charge is 2.10. The van der Waals surface area contributed by atoms with E-state index in [2.05, 4.69) is 15.2 Å². The number of guanidine groups is 1.